The number of thiazole rings is 1. The lowest BCUT2D eigenvalue weighted by molar-refractivity contribution is -0.118. The number of hydrogen-bond donors (Lipinski definition) is 2. The van der Waals surface area contributed by atoms with Crippen molar-refractivity contribution in [2.75, 3.05) is 17.2 Å². The van der Waals surface area contributed by atoms with E-state index in [0.29, 0.717) is 32.6 Å². The Morgan fingerprint density at radius 1 is 0.892 bits per heavy atom. The number of hydrogen-bond acceptors (Lipinski definition) is 5. The van der Waals surface area contributed by atoms with Gasteiger partial charge in [0.25, 0.3) is 11.8 Å². The van der Waals surface area contributed by atoms with Crippen molar-refractivity contribution in [3.05, 3.63) is 107 Å². The van der Waals surface area contributed by atoms with Crippen molar-refractivity contribution in [3.63, 3.8) is 0 Å². The first-order chi connectivity index (χ1) is 18.0. The molecule has 4 aromatic carbocycles. The smallest absolute Gasteiger partial charge is 0.264 e. The van der Waals surface area contributed by atoms with E-state index in [1.165, 1.54) is 12.1 Å². The average Bonchev–Trinajstić information content (AvgIpc) is 3.30. The highest BCUT2D eigenvalue weighted by Crippen LogP contribution is 2.36. The summed E-state index contributed by atoms with van der Waals surface area (Å²) in [6.07, 6.45) is 0. The van der Waals surface area contributed by atoms with Gasteiger partial charge in [0.2, 0.25) is 0 Å². The molecule has 9 heteroatoms. The number of anilines is 2. The predicted octanol–water partition coefficient (Wildman–Crippen LogP) is 7.03. The molecule has 0 aliphatic carbocycles. The van der Waals surface area contributed by atoms with Crippen molar-refractivity contribution in [1.29, 1.82) is 0 Å². The standard InChI is InChI=1S/C28H19ClFN3O3S/c29-19-10-14-21(15-11-19)36-16-24(34)31-28-32-25(18-8-12-20(30)13-9-18)27(37-28)33-26(35)23-7-3-5-17-4-1-2-6-22(17)23/h1-15H,16H2,(H,33,35)(H,31,32,34). The molecule has 184 valence electrons. The van der Waals surface area contributed by atoms with E-state index in [2.05, 4.69) is 15.6 Å². The maximum absolute atomic E-state index is 13.5. The van der Waals surface area contributed by atoms with Crippen LogP contribution in [0.1, 0.15) is 10.4 Å². The summed E-state index contributed by atoms with van der Waals surface area (Å²) in [4.78, 5) is 30.3. The van der Waals surface area contributed by atoms with Crippen LogP contribution in [0, 0.1) is 5.82 Å². The van der Waals surface area contributed by atoms with Crippen LogP contribution in [0.3, 0.4) is 0 Å². The highest BCUT2D eigenvalue weighted by molar-refractivity contribution is 7.20. The minimum Gasteiger partial charge on any atom is -0.484 e. The van der Waals surface area contributed by atoms with Crippen molar-refractivity contribution in [1.82, 2.24) is 4.98 Å². The number of rotatable bonds is 7. The Morgan fingerprint density at radius 3 is 2.41 bits per heavy atom. The molecule has 0 saturated carbocycles. The molecule has 0 spiro atoms. The van der Waals surface area contributed by atoms with Gasteiger partial charge in [-0.2, -0.15) is 0 Å². The average molecular weight is 532 g/mol. The van der Waals surface area contributed by atoms with E-state index < -0.39 is 11.7 Å². The number of carbonyl (C=O) groups is 2. The largest absolute Gasteiger partial charge is 0.484 e. The number of carbonyl (C=O) groups excluding carboxylic acids is 2. The molecule has 0 fully saturated rings. The maximum atomic E-state index is 13.5. The summed E-state index contributed by atoms with van der Waals surface area (Å²) in [5.74, 6) is -0.657. The van der Waals surface area contributed by atoms with E-state index in [-0.39, 0.29) is 17.6 Å². The van der Waals surface area contributed by atoms with E-state index >= 15 is 0 Å². The number of benzene rings is 4. The molecule has 5 aromatic rings. The first kappa shape index (κ1) is 24.4. The Morgan fingerprint density at radius 2 is 1.62 bits per heavy atom. The van der Waals surface area contributed by atoms with E-state index in [1.807, 2.05) is 36.4 Å². The lowest BCUT2D eigenvalue weighted by Crippen LogP contribution is -2.20. The number of nitrogens with one attached hydrogen (secondary N) is 2. The molecule has 2 amide bonds. The molecule has 5 rings (SSSR count). The quantitative estimate of drug-likeness (QED) is 0.236. The summed E-state index contributed by atoms with van der Waals surface area (Å²) in [5, 5.41) is 8.60. The van der Waals surface area contributed by atoms with Gasteiger partial charge in [-0.25, -0.2) is 9.37 Å². The number of ether oxygens (including phenoxy) is 1. The van der Waals surface area contributed by atoms with Gasteiger partial charge in [-0.3, -0.25) is 14.9 Å². The lowest BCUT2D eigenvalue weighted by Gasteiger charge is -2.08. The number of aromatic nitrogens is 1. The second kappa shape index (κ2) is 10.8. The van der Waals surface area contributed by atoms with Crippen LogP contribution >= 0.6 is 22.9 Å². The predicted molar refractivity (Wildman–Crippen MR) is 145 cm³/mol. The van der Waals surface area contributed by atoms with Gasteiger partial charge in [-0.1, -0.05) is 59.3 Å². The zero-order chi connectivity index (χ0) is 25.8. The summed E-state index contributed by atoms with van der Waals surface area (Å²) in [7, 11) is 0. The highest BCUT2D eigenvalue weighted by atomic mass is 35.5. The Hall–Kier alpha value is -4.27. The fourth-order valence-electron chi connectivity index (χ4n) is 3.69. The number of nitrogens with zero attached hydrogens (tertiary/aromatic N) is 1. The van der Waals surface area contributed by atoms with E-state index in [0.717, 1.165) is 22.1 Å². The van der Waals surface area contributed by atoms with Gasteiger partial charge in [0.1, 0.15) is 22.3 Å². The fraction of sp³-hybridized carbons (Fsp3) is 0.0357. The molecule has 37 heavy (non-hydrogen) atoms. The molecule has 0 aliphatic heterocycles. The highest BCUT2D eigenvalue weighted by Gasteiger charge is 2.19. The third kappa shape index (κ3) is 5.77. The summed E-state index contributed by atoms with van der Waals surface area (Å²) in [6.45, 7) is -0.245. The second-order valence-corrected chi connectivity index (χ2v) is 9.41. The third-order valence-corrected chi connectivity index (χ3v) is 6.57. The molecule has 0 saturated heterocycles. The lowest BCUT2D eigenvalue weighted by atomic mass is 10.0. The molecular formula is C28H19ClFN3O3S. The van der Waals surface area contributed by atoms with Crippen molar-refractivity contribution >= 4 is 55.7 Å². The molecular weight excluding hydrogens is 513 g/mol. The van der Waals surface area contributed by atoms with Crippen LogP contribution in [0.5, 0.6) is 5.75 Å². The van der Waals surface area contributed by atoms with Gasteiger partial charge in [-0.15, -0.1) is 0 Å². The van der Waals surface area contributed by atoms with E-state index in [4.69, 9.17) is 16.3 Å². The van der Waals surface area contributed by atoms with Crippen LogP contribution in [0.2, 0.25) is 5.02 Å². The van der Waals surface area contributed by atoms with Crippen molar-refractivity contribution in [2.24, 2.45) is 0 Å². The zero-order valence-electron chi connectivity index (χ0n) is 19.2. The Kier molecular flexibility index (Phi) is 7.11. The van der Waals surface area contributed by atoms with Crippen LogP contribution in [0.4, 0.5) is 14.5 Å². The summed E-state index contributed by atoms with van der Waals surface area (Å²) >= 11 is 6.97. The third-order valence-electron chi connectivity index (χ3n) is 5.44. The summed E-state index contributed by atoms with van der Waals surface area (Å²) < 4.78 is 19.0. The molecule has 6 nitrogen and oxygen atoms in total. The molecule has 0 atom stereocenters. The van der Waals surface area contributed by atoms with Gasteiger partial charge >= 0.3 is 0 Å². The van der Waals surface area contributed by atoms with Crippen LogP contribution in [-0.4, -0.2) is 23.4 Å². The van der Waals surface area contributed by atoms with Crippen LogP contribution < -0.4 is 15.4 Å². The van der Waals surface area contributed by atoms with Gasteiger partial charge in [0.15, 0.2) is 11.7 Å². The van der Waals surface area contributed by atoms with E-state index in [9.17, 15) is 14.0 Å². The topological polar surface area (TPSA) is 80.3 Å². The van der Waals surface area contributed by atoms with Crippen molar-refractivity contribution in [3.8, 4) is 17.0 Å². The Bertz CT molecular complexity index is 1580. The summed E-state index contributed by atoms with van der Waals surface area (Å²) in [6, 6.07) is 25.5. The molecule has 0 bridgehead atoms. The van der Waals surface area contributed by atoms with Crippen molar-refractivity contribution < 1.29 is 18.7 Å². The Balaban J connectivity index is 1.39. The van der Waals surface area contributed by atoms with Crippen LogP contribution in [0.15, 0.2) is 91.0 Å². The molecule has 0 unspecified atom stereocenters. The number of fused-ring (bicyclic) bond motifs is 1. The maximum Gasteiger partial charge on any atom is 0.264 e. The molecule has 0 aliphatic rings. The minimum atomic E-state index is -0.429. The van der Waals surface area contributed by atoms with Crippen molar-refractivity contribution in [2.45, 2.75) is 0 Å². The fourth-order valence-corrected chi connectivity index (χ4v) is 4.72. The SMILES string of the molecule is O=C(COc1ccc(Cl)cc1)Nc1nc(-c2ccc(F)cc2)c(NC(=O)c2cccc3ccccc23)s1. The van der Waals surface area contributed by atoms with Gasteiger partial charge in [0.05, 0.1) is 0 Å². The first-order valence-corrected chi connectivity index (χ1v) is 12.4. The minimum absolute atomic E-state index is 0.245. The van der Waals surface area contributed by atoms with Crippen LogP contribution in [0.25, 0.3) is 22.0 Å². The number of amides is 2. The van der Waals surface area contributed by atoms with Gasteiger partial charge in [0, 0.05) is 16.1 Å². The monoisotopic (exact) mass is 531 g/mol. The zero-order valence-corrected chi connectivity index (χ0v) is 20.8. The van der Waals surface area contributed by atoms with E-state index in [1.54, 1.807) is 42.5 Å². The molecule has 0 radical (unpaired) electrons. The molecule has 2 N–H and O–H groups in total. The normalized spacial score (nSPS) is 10.8. The van der Waals surface area contributed by atoms with Gasteiger partial charge < -0.3 is 10.1 Å². The first-order valence-electron chi connectivity index (χ1n) is 11.2. The molecule has 1 aromatic heterocycles. The molecule has 1 heterocycles. The van der Waals surface area contributed by atoms with Gasteiger partial charge in [-0.05, 0) is 65.4 Å². The summed E-state index contributed by atoms with van der Waals surface area (Å²) in [5.41, 5.74) is 1.50. The Labute approximate surface area is 220 Å². The second-order valence-electron chi connectivity index (χ2n) is 7.98. The number of halogens is 2. The van der Waals surface area contributed by atoms with Crippen LogP contribution in [-0.2, 0) is 4.79 Å².